The maximum Gasteiger partial charge on any atom is 0.234 e. The van der Waals surface area contributed by atoms with Crippen molar-refractivity contribution in [2.24, 2.45) is 5.92 Å². The molecule has 1 aliphatic carbocycles. The van der Waals surface area contributed by atoms with Gasteiger partial charge in [-0.1, -0.05) is 0 Å². The number of rotatable bonds is 6. The predicted molar refractivity (Wildman–Crippen MR) is 63.6 cm³/mol. The van der Waals surface area contributed by atoms with E-state index in [9.17, 15) is 9.90 Å². The Morgan fingerprint density at radius 1 is 1.35 bits per heavy atom. The molecule has 0 atom stereocenters. The van der Waals surface area contributed by atoms with Gasteiger partial charge in [-0.25, -0.2) is 0 Å². The molecule has 5 nitrogen and oxygen atoms in total. The van der Waals surface area contributed by atoms with Crippen LogP contribution >= 0.6 is 0 Å². The van der Waals surface area contributed by atoms with Gasteiger partial charge < -0.3 is 20.5 Å². The highest BCUT2D eigenvalue weighted by molar-refractivity contribution is 5.78. The molecule has 98 valence electrons. The van der Waals surface area contributed by atoms with Gasteiger partial charge in [-0.3, -0.25) is 4.79 Å². The van der Waals surface area contributed by atoms with Gasteiger partial charge in [0.05, 0.1) is 12.1 Å². The number of amides is 1. The quantitative estimate of drug-likeness (QED) is 0.595. The van der Waals surface area contributed by atoms with Crippen molar-refractivity contribution in [1.82, 2.24) is 10.6 Å². The van der Waals surface area contributed by atoms with Crippen molar-refractivity contribution in [2.45, 2.75) is 31.3 Å². The molecule has 0 spiro atoms. The van der Waals surface area contributed by atoms with E-state index in [4.69, 9.17) is 4.74 Å². The molecule has 0 aromatic heterocycles. The summed E-state index contributed by atoms with van der Waals surface area (Å²) in [5.74, 6) is 0.744. The second kappa shape index (κ2) is 5.80. The van der Waals surface area contributed by atoms with Gasteiger partial charge in [0.1, 0.15) is 0 Å². The lowest BCUT2D eigenvalue weighted by Gasteiger charge is -2.32. The molecule has 3 N–H and O–H groups in total. The minimum Gasteiger partial charge on any atom is -0.388 e. The zero-order chi connectivity index (χ0) is 12.1. The summed E-state index contributed by atoms with van der Waals surface area (Å²) in [5.41, 5.74) is -0.773. The summed E-state index contributed by atoms with van der Waals surface area (Å²) in [4.78, 5) is 11.5. The molecule has 0 bridgehead atoms. The largest absolute Gasteiger partial charge is 0.388 e. The number of hydrogen-bond acceptors (Lipinski definition) is 4. The second-order valence-corrected chi connectivity index (χ2v) is 5.19. The van der Waals surface area contributed by atoms with Gasteiger partial charge in [0.15, 0.2) is 0 Å². The van der Waals surface area contributed by atoms with Crippen molar-refractivity contribution in [3.8, 4) is 0 Å². The lowest BCUT2D eigenvalue weighted by molar-refractivity contribution is -0.123. The van der Waals surface area contributed by atoms with E-state index >= 15 is 0 Å². The standard InChI is InChI=1S/C12H22N2O3/c15-11(8-13-7-10-1-2-10)14-9-12(16)3-5-17-6-4-12/h10,13,16H,1-9H2,(H,14,15). The molecule has 2 rings (SSSR count). The van der Waals surface area contributed by atoms with Gasteiger partial charge in [0, 0.05) is 32.6 Å². The van der Waals surface area contributed by atoms with Crippen molar-refractivity contribution < 1.29 is 14.6 Å². The summed E-state index contributed by atoms with van der Waals surface area (Å²) in [5, 5.41) is 16.0. The number of carbonyl (C=O) groups is 1. The highest BCUT2D eigenvalue weighted by Crippen LogP contribution is 2.27. The summed E-state index contributed by atoms with van der Waals surface area (Å²) < 4.78 is 5.18. The normalized spacial score (nSPS) is 23.4. The predicted octanol–water partition coefficient (Wildman–Crippen LogP) is -0.356. The van der Waals surface area contributed by atoms with E-state index < -0.39 is 5.60 Å². The highest BCUT2D eigenvalue weighted by atomic mass is 16.5. The van der Waals surface area contributed by atoms with Crippen LogP contribution in [-0.2, 0) is 9.53 Å². The van der Waals surface area contributed by atoms with Gasteiger partial charge in [0.25, 0.3) is 0 Å². The van der Waals surface area contributed by atoms with Gasteiger partial charge in [-0.05, 0) is 25.3 Å². The Morgan fingerprint density at radius 2 is 2.06 bits per heavy atom. The molecule has 5 heteroatoms. The molecule has 1 saturated heterocycles. The van der Waals surface area contributed by atoms with E-state index in [2.05, 4.69) is 10.6 Å². The van der Waals surface area contributed by atoms with Crippen molar-refractivity contribution in [3.05, 3.63) is 0 Å². The van der Waals surface area contributed by atoms with Crippen LogP contribution in [0, 0.1) is 5.92 Å². The topological polar surface area (TPSA) is 70.6 Å². The van der Waals surface area contributed by atoms with Crippen molar-refractivity contribution in [2.75, 3.05) is 32.8 Å². The van der Waals surface area contributed by atoms with Crippen LogP contribution in [0.25, 0.3) is 0 Å². The number of ether oxygens (including phenoxy) is 1. The molecule has 0 aromatic rings. The molecular weight excluding hydrogens is 220 g/mol. The summed E-state index contributed by atoms with van der Waals surface area (Å²) in [6, 6.07) is 0. The first-order valence-corrected chi connectivity index (χ1v) is 6.45. The average molecular weight is 242 g/mol. The first-order chi connectivity index (χ1) is 8.18. The lowest BCUT2D eigenvalue weighted by Crippen LogP contribution is -2.48. The first kappa shape index (κ1) is 12.8. The molecule has 1 saturated carbocycles. The molecule has 1 aliphatic heterocycles. The van der Waals surface area contributed by atoms with Crippen LogP contribution in [0.5, 0.6) is 0 Å². The Labute approximate surface area is 102 Å². The van der Waals surface area contributed by atoms with Crippen molar-refractivity contribution >= 4 is 5.91 Å². The molecule has 2 aliphatic rings. The van der Waals surface area contributed by atoms with E-state index in [0.717, 1.165) is 12.5 Å². The summed E-state index contributed by atoms with van der Waals surface area (Å²) in [7, 11) is 0. The maximum atomic E-state index is 11.5. The Kier molecular flexibility index (Phi) is 4.36. The Balaban J connectivity index is 1.57. The zero-order valence-electron chi connectivity index (χ0n) is 10.2. The third-order valence-corrected chi connectivity index (χ3v) is 3.45. The van der Waals surface area contributed by atoms with Gasteiger partial charge in [-0.2, -0.15) is 0 Å². The molecule has 2 fully saturated rings. The lowest BCUT2D eigenvalue weighted by atomic mass is 9.94. The first-order valence-electron chi connectivity index (χ1n) is 6.45. The molecule has 17 heavy (non-hydrogen) atoms. The van der Waals surface area contributed by atoms with Gasteiger partial charge in [0.2, 0.25) is 5.91 Å². The van der Waals surface area contributed by atoms with E-state index in [1.54, 1.807) is 0 Å². The number of carbonyl (C=O) groups excluding carboxylic acids is 1. The number of nitrogens with one attached hydrogen (secondary N) is 2. The van der Waals surface area contributed by atoms with Crippen LogP contribution in [0.1, 0.15) is 25.7 Å². The fourth-order valence-electron chi connectivity index (χ4n) is 1.97. The van der Waals surface area contributed by atoms with Crippen LogP contribution < -0.4 is 10.6 Å². The van der Waals surface area contributed by atoms with E-state index in [1.165, 1.54) is 12.8 Å². The number of hydrogen-bond donors (Lipinski definition) is 3. The molecule has 1 heterocycles. The van der Waals surface area contributed by atoms with Crippen LogP contribution in [0.3, 0.4) is 0 Å². The van der Waals surface area contributed by atoms with Gasteiger partial charge >= 0.3 is 0 Å². The van der Waals surface area contributed by atoms with Crippen LogP contribution in [0.4, 0.5) is 0 Å². The zero-order valence-corrected chi connectivity index (χ0v) is 10.2. The molecular formula is C12H22N2O3. The van der Waals surface area contributed by atoms with Gasteiger partial charge in [-0.15, -0.1) is 0 Å². The summed E-state index contributed by atoms with van der Waals surface area (Å²) in [6.45, 7) is 2.77. The Hall–Kier alpha value is -0.650. The Bertz CT molecular complexity index is 260. The fraction of sp³-hybridized carbons (Fsp3) is 0.917. The van der Waals surface area contributed by atoms with E-state index in [0.29, 0.717) is 39.1 Å². The summed E-state index contributed by atoms with van der Waals surface area (Å²) in [6.07, 6.45) is 3.77. The van der Waals surface area contributed by atoms with Crippen LogP contribution in [-0.4, -0.2) is 49.5 Å². The average Bonchev–Trinajstić information content (AvgIpc) is 3.12. The Morgan fingerprint density at radius 3 is 2.71 bits per heavy atom. The SMILES string of the molecule is O=C(CNCC1CC1)NCC1(O)CCOCC1. The third kappa shape index (κ3) is 4.61. The third-order valence-electron chi connectivity index (χ3n) is 3.45. The molecule has 0 unspecified atom stereocenters. The highest BCUT2D eigenvalue weighted by Gasteiger charge is 2.30. The fourth-order valence-corrected chi connectivity index (χ4v) is 1.97. The van der Waals surface area contributed by atoms with Crippen LogP contribution in [0.2, 0.25) is 0 Å². The maximum absolute atomic E-state index is 11.5. The van der Waals surface area contributed by atoms with Crippen molar-refractivity contribution in [1.29, 1.82) is 0 Å². The van der Waals surface area contributed by atoms with E-state index in [1.807, 2.05) is 0 Å². The minimum absolute atomic E-state index is 0.0365. The smallest absolute Gasteiger partial charge is 0.234 e. The molecule has 0 radical (unpaired) electrons. The van der Waals surface area contributed by atoms with Crippen molar-refractivity contribution in [3.63, 3.8) is 0 Å². The number of aliphatic hydroxyl groups is 1. The monoisotopic (exact) mass is 242 g/mol. The van der Waals surface area contributed by atoms with E-state index in [-0.39, 0.29) is 5.91 Å². The van der Waals surface area contributed by atoms with Crippen LogP contribution in [0.15, 0.2) is 0 Å². The summed E-state index contributed by atoms with van der Waals surface area (Å²) >= 11 is 0. The second-order valence-electron chi connectivity index (χ2n) is 5.19. The minimum atomic E-state index is -0.773. The molecule has 0 aromatic carbocycles. The molecule has 1 amide bonds.